The summed E-state index contributed by atoms with van der Waals surface area (Å²) in [5.74, 6) is -0.202. The maximum atomic E-state index is 12.6. The molecule has 1 aromatic heterocycles. The first-order chi connectivity index (χ1) is 12.8. The van der Waals surface area contributed by atoms with E-state index in [1.807, 2.05) is 24.4 Å². The van der Waals surface area contributed by atoms with Crippen LogP contribution in [0.2, 0.25) is 0 Å². The van der Waals surface area contributed by atoms with Crippen molar-refractivity contribution in [3.8, 4) is 0 Å². The number of rotatable bonds is 6. The lowest BCUT2D eigenvalue weighted by molar-refractivity contribution is -0.121. The molecule has 2 amide bonds. The van der Waals surface area contributed by atoms with Crippen molar-refractivity contribution in [2.45, 2.75) is 29.7 Å². The van der Waals surface area contributed by atoms with Crippen molar-refractivity contribution in [1.82, 2.24) is 5.32 Å². The van der Waals surface area contributed by atoms with Crippen molar-refractivity contribution in [3.63, 3.8) is 0 Å². The minimum atomic E-state index is -3.62. The number of hydrogen-bond acceptors (Lipinski definition) is 6. The van der Waals surface area contributed by atoms with Gasteiger partial charge in [0, 0.05) is 27.9 Å². The topological polar surface area (TPSA) is 92.3 Å². The highest BCUT2D eigenvalue weighted by Crippen LogP contribution is 2.34. The van der Waals surface area contributed by atoms with E-state index in [0.29, 0.717) is 18.0 Å². The molecule has 0 spiro atoms. The molecule has 9 heteroatoms. The second kappa shape index (κ2) is 8.45. The fraction of sp³-hybridized carbons (Fsp3) is 0.333. The van der Waals surface area contributed by atoms with Crippen LogP contribution in [0.4, 0.5) is 5.69 Å². The van der Waals surface area contributed by atoms with E-state index < -0.39 is 9.84 Å². The quantitative estimate of drug-likeness (QED) is 0.744. The molecule has 27 heavy (non-hydrogen) atoms. The van der Waals surface area contributed by atoms with Crippen molar-refractivity contribution in [2.24, 2.45) is 5.92 Å². The molecule has 144 valence electrons. The van der Waals surface area contributed by atoms with E-state index in [9.17, 15) is 18.0 Å². The molecule has 6 nitrogen and oxygen atoms in total. The summed E-state index contributed by atoms with van der Waals surface area (Å²) in [5, 5.41) is 7.43. The van der Waals surface area contributed by atoms with Crippen LogP contribution in [0.15, 0.2) is 45.5 Å². The summed E-state index contributed by atoms with van der Waals surface area (Å²) in [6, 6.07) is 8.53. The molecule has 0 bridgehead atoms. The molecule has 3 rings (SSSR count). The summed E-state index contributed by atoms with van der Waals surface area (Å²) < 4.78 is 25.2. The van der Waals surface area contributed by atoms with Gasteiger partial charge >= 0.3 is 0 Å². The number of carbonyl (C=O) groups excluding carboxylic acids is 2. The predicted molar refractivity (Wildman–Crippen MR) is 108 cm³/mol. The van der Waals surface area contributed by atoms with Gasteiger partial charge in [-0.05, 0) is 29.6 Å². The van der Waals surface area contributed by atoms with Gasteiger partial charge in [0.15, 0.2) is 9.84 Å². The van der Waals surface area contributed by atoms with Crippen LogP contribution in [-0.2, 0) is 26.0 Å². The standard InChI is InChI=1S/C18H20N2O4S3/c1-12-11-26-16-5-4-14(9-15(16)20-18(12)22)27(23,24)8-6-17(21)19-10-13-3-2-7-25-13/h2-5,7,9,12H,6,8,10-11H2,1H3,(H,19,21)(H,20,22). The molecule has 1 unspecified atom stereocenters. The summed E-state index contributed by atoms with van der Waals surface area (Å²) in [4.78, 5) is 25.9. The van der Waals surface area contributed by atoms with Gasteiger partial charge < -0.3 is 10.6 Å². The van der Waals surface area contributed by atoms with Gasteiger partial charge in [-0.25, -0.2) is 8.42 Å². The summed E-state index contributed by atoms with van der Waals surface area (Å²) in [6.07, 6.45) is -0.108. The number of benzene rings is 1. The van der Waals surface area contributed by atoms with Crippen LogP contribution in [0.3, 0.4) is 0 Å². The largest absolute Gasteiger partial charge is 0.351 e. The molecule has 0 saturated carbocycles. The molecular formula is C18H20N2O4S3. The Hall–Kier alpha value is -1.84. The summed E-state index contributed by atoms with van der Waals surface area (Å²) in [5.41, 5.74) is 0.512. The van der Waals surface area contributed by atoms with Gasteiger partial charge in [0.1, 0.15) is 0 Å². The molecule has 2 N–H and O–H groups in total. The van der Waals surface area contributed by atoms with Crippen LogP contribution in [0, 0.1) is 5.92 Å². The lowest BCUT2D eigenvalue weighted by Gasteiger charge is -2.10. The third-order valence-corrected chi connectivity index (χ3v) is 8.07. The smallest absolute Gasteiger partial charge is 0.228 e. The molecule has 0 aliphatic carbocycles. The molecule has 0 fully saturated rings. The highest BCUT2D eigenvalue weighted by atomic mass is 32.2. The number of carbonyl (C=O) groups is 2. The molecule has 1 aromatic carbocycles. The van der Waals surface area contributed by atoms with Crippen molar-refractivity contribution in [1.29, 1.82) is 0 Å². The van der Waals surface area contributed by atoms with Crippen molar-refractivity contribution < 1.29 is 18.0 Å². The molecule has 0 radical (unpaired) electrons. The molecule has 2 aromatic rings. The molecule has 1 atom stereocenters. The Balaban J connectivity index is 1.64. The van der Waals surface area contributed by atoms with E-state index in [4.69, 9.17) is 0 Å². The third kappa shape index (κ3) is 5.12. The van der Waals surface area contributed by atoms with E-state index in [2.05, 4.69) is 10.6 Å². The molecule has 1 aliphatic rings. The molecular weight excluding hydrogens is 404 g/mol. The monoisotopic (exact) mass is 424 g/mol. The first-order valence-corrected chi connectivity index (χ1v) is 12.0. The number of thiophene rings is 1. The highest BCUT2D eigenvalue weighted by molar-refractivity contribution is 7.99. The van der Waals surface area contributed by atoms with Gasteiger partial charge in [0.2, 0.25) is 11.8 Å². The van der Waals surface area contributed by atoms with Crippen LogP contribution in [0.25, 0.3) is 0 Å². The van der Waals surface area contributed by atoms with E-state index in [1.54, 1.807) is 6.07 Å². The van der Waals surface area contributed by atoms with Gasteiger partial charge in [-0.3, -0.25) is 9.59 Å². The minimum absolute atomic E-state index is 0.108. The van der Waals surface area contributed by atoms with Gasteiger partial charge in [-0.15, -0.1) is 23.1 Å². The SMILES string of the molecule is CC1CSc2ccc(S(=O)(=O)CCC(=O)NCc3cccs3)cc2NC1=O. The summed E-state index contributed by atoms with van der Waals surface area (Å²) >= 11 is 3.05. The van der Waals surface area contributed by atoms with Crippen LogP contribution in [0.5, 0.6) is 0 Å². The average molecular weight is 425 g/mol. The highest BCUT2D eigenvalue weighted by Gasteiger charge is 2.23. The maximum absolute atomic E-state index is 12.6. The first kappa shape index (κ1) is 19.9. The Labute approximate surface area is 166 Å². The third-order valence-electron chi connectivity index (χ3n) is 4.14. The van der Waals surface area contributed by atoms with Gasteiger partial charge in [-0.2, -0.15) is 0 Å². The van der Waals surface area contributed by atoms with Crippen molar-refractivity contribution >= 4 is 50.4 Å². The lowest BCUT2D eigenvalue weighted by Crippen LogP contribution is -2.25. The summed E-state index contributed by atoms with van der Waals surface area (Å²) in [7, 11) is -3.62. The Morgan fingerprint density at radius 2 is 2.15 bits per heavy atom. The average Bonchev–Trinajstić information content (AvgIpc) is 3.12. The van der Waals surface area contributed by atoms with Crippen molar-refractivity contribution in [3.05, 3.63) is 40.6 Å². The first-order valence-electron chi connectivity index (χ1n) is 8.45. The second-order valence-electron chi connectivity index (χ2n) is 6.28. The second-order valence-corrected chi connectivity index (χ2v) is 10.5. The number of hydrogen-bond donors (Lipinski definition) is 2. The van der Waals surface area contributed by atoms with E-state index in [-0.39, 0.29) is 34.8 Å². The number of amides is 2. The molecule has 2 heterocycles. The Bertz CT molecular complexity index is 940. The molecule has 0 saturated heterocycles. The zero-order valence-electron chi connectivity index (χ0n) is 14.7. The number of thioether (sulfide) groups is 1. The molecule has 1 aliphatic heterocycles. The Morgan fingerprint density at radius 3 is 2.89 bits per heavy atom. The Kier molecular flexibility index (Phi) is 6.23. The fourth-order valence-electron chi connectivity index (χ4n) is 2.50. The van der Waals surface area contributed by atoms with Crippen LogP contribution in [-0.4, -0.2) is 31.7 Å². The van der Waals surface area contributed by atoms with E-state index in [0.717, 1.165) is 9.77 Å². The van der Waals surface area contributed by atoms with Gasteiger partial charge in [0.25, 0.3) is 0 Å². The van der Waals surface area contributed by atoms with Crippen molar-refractivity contribution in [2.75, 3.05) is 16.8 Å². The maximum Gasteiger partial charge on any atom is 0.228 e. The lowest BCUT2D eigenvalue weighted by atomic mass is 10.2. The number of sulfone groups is 1. The van der Waals surface area contributed by atoms with E-state index in [1.165, 1.54) is 35.2 Å². The zero-order chi connectivity index (χ0) is 19.4. The normalized spacial score (nSPS) is 16.9. The minimum Gasteiger partial charge on any atom is -0.351 e. The number of anilines is 1. The van der Waals surface area contributed by atoms with E-state index >= 15 is 0 Å². The van der Waals surface area contributed by atoms with Gasteiger partial charge in [0.05, 0.1) is 22.9 Å². The van der Waals surface area contributed by atoms with Gasteiger partial charge in [-0.1, -0.05) is 13.0 Å². The zero-order valence-corrected chi connectivity index (χ0v) is 17.2. The van der Waals surface area contributed by atoms with Crippen LogP contribution in [0.1, 0.15) is 18.2 Å². The number of fused-ring (bicyclic) bond motifs is 1. The fourth-order valence-corrected chi connectivity index (χ4v) is 5.42. The van der Waals surface area contributed by atoms with Crippen LogP contribution < -0.4 is 10.6 Å². The number of nitrogens with one attached hydrogen (secondary N) is 2. The summed E-state index contributed by atoms with van der Waals surface area (Å²) in [6.45, 7) is 2.23. The predicted octanol–water partition coefficient (Wildman–Crippen LogP) is 2.91. The Morgan fingerprint density at radius 1 is 1.33 bits per heavy atom. The van der Waals surface area contributed by atoms with Crippen LogP contribution >= 0.6 is 23.1 Å².